The molecule has 0 bridgehead atoms. The summed E-state index contributed by atoms with van der Waals surface area (Å²) in [4.78, 5) is 11.4. The minimum absolute atomic E-state index is 0.260. The summed E-state index contributed by atoms with van der Waals surface area (Å²) < 4.78 is 0. The van der Waals surface area contributed by atoms with Crippen LogP contribution >= 0.6 is 0 Å². The van der Waals surface area contributed by atoms with Crippen molar-refractivity contribution in [3.05, 3.63) is 17.6 Å². The molecule has 0 spiro atoms. The first-order valence-corrected chi connectivity index (χ1v) is 7.10. The van der Waals surface area contributed by atoms with E-state index in [0.29, 0.717) is 6.04 Å². The van der Waals surface area contributed by atoms with E-state index in [1.54, 1.807) is 6.33 Å². The molecule has 0 radical (unpaired) electrons. The molecule has 0 unspecified atom stereocenters. The number of hydrogen-bond donors (Lipinski definition) is 1. The number of rotatable bonds is 5. The third kappa shape index (κ3) is 2.09. The lowest BCUT2D eigenvalue weighted by Gasteiger charge is -2.39. The number of fused-ring (bicyclic) bond motifs is 1. The molecular weight excluding hydrogens is 226 g/mol. The molecule has 0 amide bonds. The lowest BCUT2D eigenvalue weighted by Crippen LogP contribution is -2.42. The maximum atomic E-state index is 9.07. The van der Waals surface area contributed by atoms with Crippen LogP contribution in [0.1, 0.15) is 43.4 Å². The van der Waals surface area contributed by atoms with Crippen molar-refractivity contribution in [3.8, 4) is 0 Å². The molecule has 1 saturated carbocycles. The quantitative estimate of drug-likeness (QED) is 0.860. The summed E-state index contributed by atoms with van der Waals surface area (Å²) in [7, 11) is 0. The van der Waals surface area contributed by atoms with Gasteiger partial charge in [-0.3, -0.25) is 0 Å². The minimum atomic E-state index is 0.260. The van der Waals surface area contributed by atoms with Crippen LogP contribution in [0.3, 0.4) is 0 Å². The van der Waals surface area contributed by atoms with E-state index < -0.39 is 0 Å². The zero-order chi connectivity index (χ0) is 12.4. The molecule has 1 fully saturated rings. The molecule has 2 aliphatic rings. The SMILES string of the molecule is OCCCN(c1ncnc2c1CCC2)C1CCC1. The van der Waals surface area contributed by atoms with Crippen LogP contribution in [0.2, 0.25) is 0 Å². The lowest BCUT2D eigenvalue weighted by molar-refractivity contribution is 0.282. The zero-order valence-electron chi connectivity index (χ0n) is 10.8. The number of aliphatic hydroxyl groups excluding tert-OH is 1. The van der Waals surface area contributed by atoms with Gasteiger partial charge in [0.1, 0.15) is 12.1 Å². The van der Waals surface area contributed by atoms with Crippen LogP contribution in [0.15, 0.2) is 6.33 Å². The van der Waals surface area contributed by atoms with Crippen molar-refractivity contribution >= 4 is 5.82 Å². The summed E-state index contributed by atoms with van der Waals surface area (Å²) >= 11 is 0. The van der Waals surface area contributed by atoms with Crippen LogP contribution in [-0.2, 0) is 12.8 Å². The van der Waals surface area contributed by atoms with Gasteiger partial charge in [-0.15, -0.1) is 0 Å². The van der Waals surface area contributed by atoms with E-state index in [2.05, 4.69) is 14.9 Å². The van der Waals surface area contributed by atoms with E-state index in [0.717, 1.165) is 31.6 Å². The van der Waals surface area contributed by atoms with Gasteiger partial charge in [-0.2, -0.15) is 0 Å². The molecule has 0 aromatic carbocycles. The van der Waals surface area contributed by atoms with Gasteiger partial charge in [0, 0.05) is 30.5 Å². The minimum Gasteiger partial charge on any atom is -0.396 e. The van der Waals surface area contributed by atoms with Gasteiger partial charge in [-0.05, 0) is 44.9 Å². The first-order chi connectivity index (χ1) is 8.90. The van der Waals surface area contributed by atoms with Gasteiger partial charge in [0.05, 0.1) is 0 Å². The van der Waals surface area contributed by atoms with Crippen molar-refractivity contribution in [1.82, 2.24) is 9.97 Å². The van der Waals surface area contributed by atoms with Crippen LogP contribution in [0.25, 0.3) is 0 Å². The van der Waals surface area contributed by atoms with Crippen molar-refractivity contribution in [2.45, 2.75) is 51.0 Å². The van der Waals surface area contributed by atoms with Crippen LogP contribution in [-0.4, -0.2) is 34.3 Å². The van der Waals surface area contributed by atoms with E-state index in [1.165, 1.54) is 36.9 Å². The molecule has 0 atom stereocenters. The molecule has 4 nitrogen and oxygen atoms in total. The van der Waals surface area contributed by atoms with Crippen LogP contribution in [0.4, 0.5) is 5.82 Å². The average Bonchev–Trinajstić information content (AvgIpc) is 2.80. The normalized spacial score (nSPS) is 18.5. The summed E-state index contributed by atoms with van der Waals surface area (Å²) in [6.07, 6.45) is 9.83. The van der Waals surface area contributed by atoms with Crippen LogP contribution in [0.5, 0.6) is 0 Å². The Morgan fingerprint density at radius 1 is 1.22 bits per heavy atom. The number of aryl methyl sites for hydroxylation is 1. The molecule has 3 rings (SSSR count). The fourth-order valence-electron chi connectivity index (χ4n) is 2.99. The second-order valence-corrected chi connectivity index (χ2v) is 5.33. The molecule has 1 heterocycles. The van der Waals surface area contributed by atoms with Gasteiger partial charge in [0.2, 0.25) is 0 Å². The fourth-order valence-corrected chi connectivity index (χ4v) is 2.99. The fraction of sp³-hybridized carbons (Fsp3) is 0.714. The van der Waals surface area contributed by atoms with Gasteiger partial charge >= 0.3 is 0 Å². The Morgan fingerprint density at radius 2 is 2.11 bits per heavy atom. The predicted octanol–water partition coefficient (Wildman–Crippen LogP) is 1.71. The Hall–Kier alpha value is -1.16. The van der Waals surface area contributed by atoms with E-state index in [-0.39, 0.29) is 6.61 Å². The molecule has 1 N–H and O–H groups in total. The number of aromatic nitrogens is 2. The van der Waals surface area contributed by atoms with Crippen LogP contribution < -0.4 is 4.90 Å². The Morgan fingerprint density at radius 3 is 2.83 bits per heavy atom. The zero-order valence-corrected chi connectivity index (χ0v) is 10.8. The van der Waals surface area contributed by atoms with Crippen molar-refractivity contribution in [1.29, 1.82) is 0 Å². The number of anilines is 1. The van der Waals surface area contributed by atoms with Crippen molar-refractivity contribution in [3.63, 3.8) is 0 Å². The average molecular weight is 247 g/mol. The Labute approximate surface area is 108 Å². The molecule has 0 saturated heterocycles. The molecule has 18 heavy (non-hydrogen) atoms. The smallest absolute Gasteiger partial charge is 0.135 e. The highest BCUT2D eigenvalue weighted by molar-refractivity contribution is 5.51. The Balaban J connectivity index is 1.86. The molecular formula is C14H21N3O. The maximum Gasteiger partial charge on any atom is 0.135 e. The standard InChI is InChI=1S/C14H21N3O/c18-9-3-8-17(11-4-1-5-11)14-12-6-2-7-13(12)15-10-16-14/h10-11,18H,1-9H2. The summed E-state index contributed by atoms with van der Waals surface area (Å²) in [5.41, 5.74) is 2.61. The van der Waals surface area contributed by atoms with Gasteiger partial charge < -0.3 is 10.0 Å². The first-order valence-electron chi connectivity index (χ1n) is 7.10. The van der Waals surface area contributed by atoms with Gasteiger partial charge in [0.25, 0.3) is 0 Å². The van der Waals surface area contributed by atoms with Crippen molar-refractivity contribution < 1.29 is 5.11 Å². The largest absolute Gasteiger partial charge is 0.396 e. The number of hydrogen-bond acceptors (Lipinski definition) is 4. The van der Waals surface area contributed by atoms with Crippen molar-refractivity contribution in [2.24, 2.45) is 0 Å². The van der Waals surface area contributed by atoms with E-state index >= 15 is 0 Å². The third-order valence-electron chi connectivity index (χ3n) is 4.20. The maximum absolute atomic E-state index is 9.07. The monoisotopic (exact) mass is 247 g/mol. The van der Waals surface area contributed by atoms with E-state index in [9.17, 15) is 0 Å². The second kappa shape index (κ2) is 5.22. The van der Waals surface area contributed by atoms with Crippen LogP contribution in [0, 0.1) is 0 Å². The third-order valence-corrected chi connectivity index (χ3v) is 4.20. The van der Waals surface area contributed by atoms with Crippen molar-refractivity contribution in [2.75, 3.05) is 18.1 Å². The molecule has 98 valence electrons. The Kier molecular flexibility index (Phi) is 3.46. The predicted molar refractivity (Wildman–Crippen MR) is 70.7 cm³/mol. The number of aliphatic hydroxyl groups is 1. The molecule has 2 aliphatic carbocycles. The topological polar surface area (TPSA) is 49.2 Å². The molecule has 0 aliphatic heterocycles. The lowest BCUT2D eigenvalue weighted by atomic mass is 9.91. The highest BCUT2D eigenvalue weighted by Gasteiger charge is 2.29. The highest BCUT2D eigenvalue weighted by atomic mass is 16.3. The van der Waals surface area contributed by atoms with Gasteiger partial charge in [-0.1, -0.05) is 0 Å². The summed E-state index contributed by atoms with van der Waals surface area (Å²) in [5, 5.41) is 9.07. The molecule has 1 aromatic heterocycles. The van der Waals surface area contributed by atoms with E-state index in [4.69, 9.17) is 5.11 Å². The van der Waals surface area contributed by atoms with Gasteiger partial charge in [-0.25, -0.2) is 9.97 Å². The Bertz CT molecular complexity index is 418. The number of nitrogens with zero attached hydrogens (tertiary/aromatic N) is 3. The summed E-state index contributed by atoms with van der Waals surface area (Å²) in [6.45, 7) is 1.18. The van der Waals surface area contributed by atoms with Gasteiger partial charge in [0.15, 0.2) is 0 Å². The molecule has 4 heteroatoms. The summed E-state index contributed by atoms with van der Waals surface area (Å²) in [5.74, 6) is 1.15. The first kappa shape index (κ1) is 11.9. The highest BCUT2D eigenvalue weighted by Crippen LogP contribution is 2.34. The summed E-state index contributed by atoms with van der Waals surface area (Å²) in [6, 6.07) is 0.635. The van der Waals surface area contributed by atoms with E-state index in [1.807, 2.05) is 0 Å². The molecule has 1 aromatic rings. The second-order valence-electron chi connectivity index (χ2n) is 5.33.